The van der Waals surface area contributed by atoms with Crippen LogP contribution in [-0.2, 0) is 30.5 Å². The second-order valence-electron chi connectivity index (χ2n) is 11.6. The van der Waals surface area contributed by atoms with Crippen LogP contribution in [0.1, 0.15) is 57.4 Å². The number of hydrogen-bond donors (Lipinski definition) is 4. The van der Waals surface area contributed by atoms with E-state index >= 15 is 0 Å². The van der Waals surface area contributed by atoms with E-state index < -0.39 is 47.1 Å². The average Bonchev–Trinajstić information content (AvgIpc) is 3.35. The number of carboxylic acids is 1. The molecular weight excluding hydrogens is 554 g/mol. The number of carboxylic acid groups (broad SMARTS) is 1. The molecule has 0 bridgehead atoms. The highest BCUT2D eigenvalue weighted by Crippen LogP contribution is 2.21. The van der Waals surface area contributed by atoms with Crippen LogP contribution in [0.3, 0.4) is 0 Å². The molecule has 3 amide bonds. The monoisotopic (exact) mass is 593 g/mol. The molecule has 1 unspecified atom stereocenters. The third kappa shape index (κ3) is 9.96. The fourth-order valence-electron chi connectivity index (χ4n) is 3.95. The zero-order valence-corrected chi connectivity index (χ0v) is 25.2. The Bertz CT molecular complexity index is 1410. The number of aryl methyl sites for hydroxylation is 1. The molecule has 43 heavy (non-hydrogen) atoms. The molecule has 12 nitrogen and oxygen atoms in total. The maximum absolute atomic E-state index is 13.4. The molecule has 0 radical (unpaired) electrons. The van der Waals surface area contributed by atoms with E-state index in [1.165, 1.54) is 30.9 Å². The quantitative estimate of drug-likeness (QED) is 0.247. The van der Waals surface area contributed by atoms with E-state index in [1.807, 2.05) is 49.4 Å². The van der Waals surface area contributed by atoms with Gasteiger partial charge in [-0.25, -0.2) is 14.6 Å². The molecule has 0 aliphatic carbocycles. The number of carbonyl (C=O) groups excluding carboxylic acids is 3. The summed E-state index contributed by atoms with van der Waals surface area (Å²) in [5.74, 6) is -2.32. The van der Waals surface area contributed by atoms with E-state index in [-0.39, 0.29) is 19.0 Å². The highest BCUT2D eigenvalue weighted by Gasteiger charge is 2.35. The van der Waals surface area contributed by atoms with Crippen LogP contribution in [0.25, 0.3) is 0 Å². The number of aromatic nitrogens is 2. The average molecular weight is 594 g/mol. The minimum absolute atomic E-state index is 0.0804. The summed E-state index contributed by atoms with van der Waals surface area (Å²) in [7, 11) is 0. The molecule has 2 aromatic carbocycles. The fraction of sp³-hybridized carbons (Fsp3) is 0.387. The van der Waals surface area contributed by atoms with E-state index in [4.69, 9.17) is 9.47 Å². The van der Waals surface area contributed by atoms with Gasteiger partial charge in [-0.05, 0) is 52.7 Å². The number of ether oxygens (including phenoxy) is 2. The van der Waals surface area contributed by atoms with Gasteiger partial charge in [-0.15, -0.1) is 0 Å². The lowest BCUT2D eigenvalue weighted by Gasteiger charge is -2.29. The van der Waals surface area contributed by atoms with Crippen LogP contribution in [0.5, 0.6) is 0 Å². The normalized spacial score (nSPS) is 13.0. The van der Waals surface area contributed by atoms with Crippen LogP contribution in [0.4, 0.5) is 10.6 Å². The minimum Gasteiger partial charge on any atom is -0.479 e. The zero-order valence-electron chi connectivity index (χ0n) is 25.2. The number of nitrogens with one attached hydrogen (secondary N) is 3. The molecule has 3 rings (SSSR count). The first-order chi connectivity index (χ1) is 20.1. The number of aliphatic carboxylic acids is 1. The molecule has 2 atom stereocenters. The van der Waals surface area contributed by atoms with E-state index in [9.17, 15) is 24.3 Å². The van der Waals surface area contributed by atoms with Gasteiger partial charge in [0.15, 0.2) is 11.9 Å². The Balaban J connectivity index is 1.75. The number of alkyl carbamates (subject to hydrolysis) is 1. The second kappa shape index (κ2) is 14.0. The van der Waals surface area contributed by atoms with Crippen LogP contribution in [-0.4, -0.2) is 62.3 Å². The Morgan fingerprint density at radius 1 is 0.977 bits per heavy atom. The third-order valence-corrected chi connectivity index (χ3v) is 6.18. The Morgan fingerprint density at radius 2 is 1.63 bits per heavy atom. The van der Waals surface area contributed by atoms with Crippen molar-refractivity contribution in [2.75, 3.05) is 11.9 Å². The molecule has 1 aromatic heterocycles. The molecule has 1 heterocycles. The van der Waals surface area contributed by atoms with Crippen molar-refractivity contribution in [1.29, 1.82) is 0 Å². The van der Waals surface area contributed by atoms with Crippen molar-refractivity contribution >= 4 is 29.7 Å². The SMILES string of the molecule is Cc1ccc(C(C(=O)O)n2cnc(NC(=O)[C@@H](COCc3ccccc3)NC(=O)C(C)(C)NC(=O)OC(C)(C)C)c2)cc1. The van der Waals surface area contributed by atoms with E-state index in [0.29, 0.717) is 5.56 Å². The number of benzene rings is 2. The second-order valence-corrected chi connectivity index (χ2v) is 11.6. The summed E-state index contributed by atoms with van der Waals surface area (Å²) in [4.78, 5) is 55.1. The van der Waals surface area contributed by atoms with Crippen molar-refractivity contribution in [3.63, 3.8) is 0 Å². The number of hydrogen-bond acceptors (Lipinski definition) is 7. The number of nitrogens with zero attached hydrogens (tertiary/aromatic N) is 2. The van der Waals surface area contributed by atoms with Gasteiger partial charge in [0, 0.05) is 6.20 Å². The smallest absolute Gasteiger partial charge is 0.408 e. The van der Waals surface area contributed by atoms with Crippen LogP contribution < -0.4 is 16.0 Å². The molecule has 0 spiro atoms. The zero-order chi connectivity index (χ0) is 31.8. The lowest BCUT2D eigenvalue weighted by atomic mass is 10.0. The number of anilines is 1. The van der Waals surface area contributed by atoms with Crippen molar-refractivity contribution in [1.82, 2.24) is 20.2 Å². The van der Waals surface area contributed by atoms with Gasteiger partial charge in [-0.3, -0.25) is 9.59 Å². The Kier molecular flexibility index (Phi) is 10.7. The molecule has 12 heteroatoms. The lowest BCUT2D eigenvalue weighted by molar-refractivity contribution is -0.139. The van der Waals surface area contributed by atoms with Gasteiger partial charge in [0.25, 0.3) is 5.91 Å². The Hall–Kier alpha value is -4.71. The highest BCUT2D eigenvalue weighted by molar-refractivity contribution is 5.98. The Morgan fingerprint density at radius 3 is 2.23 bits per heavy atom. The molecule has 0 aliphatic heterocycles. The largest absolute Gasteiger partial charge is 0.479 e. The van der Waals surface area contributed by atoms with Crippen LogP contribution >= 0.6 is 0 Å². The van der Waals surface area contributed by atoms with E-state index in [0.717, 1.165) is 11.1 Å². The van der Waals surface area contributed by atoms with Gasteiger partial charge in [-0.1, -0.05) is 60.2 Å². The van der Waals surface area contributed by atoms with Crippen molar-refractivity contribution in [2.24, 2.45) is 0 Å². The molecule has 0 aliphatic rings. The highest BCUT2D eigenvalue weighted by atomic mass is 16.6. The number of rotatable bonds is 12. The first kappa shape index (κ1) is 32.8. The summed E-state index contributed by atoms with van der Waals surface area (Å²) in [6, 6.07) is 14.1. The summed E-state index contributed by atoms with van der Waals surface area (Å²) < 4.78 is 12.4. The first-order valence-electron chi connectivity index (χ1n) is 13.7. The van der Waals surface area contributed by atoms with E-state index in [1.54, 1.807) is 32.9 Å². The summed E-state index contributed by atoms with van der Waals surface area (Å²) in [5.41, 5.74) is 0.179. The van der Waals surface area contributed by atoms with Crippen molar-refractivity contribution in [3.8, 4) is 0 Å². The lowest BCUT2D eigenvalue weighted by Crippen LogP contribution is -2.59. The number of imidazole rings is 1. The van der Waals surface area contributed by atoms with Crippen LogP contribution in [0.15, 0.2) is 67.1 Å². The molecule has 0 fully saturated rings. The van der Waals surface area contributed by atoms with Crippen molar-refractivity contribution in [2.45, 2.75) is 71.4 Å². The van der Waals surface area contributed by atoms with Crippen LogP contribution in [0, 0.1) is 6.92 Å². The molecule has 0 saturated carbocycles. The maximum atomic E-state index is 13.4. The summed E-state index contributed by atoms with van der Waals surface area (Å²) in [5, 5.41) is 17.7. The molecule has 3 aromatic rings. The van der Waals surface area contributed by atoms with Crippen molar-refractivity contribution < 1.29 is 33.8 Å². The standard InChI is InChI=1S/C31H39N5O7/c1-20-12-14-22(15-13-20)25(27(38)39)36-16-24(32-19-36)34-26(37)23(18-42-17-21-10-8-7-9-11-21)33-28(40)31(5,6)35-29(41)43-30(2,3)4/h7-16,19,23,25H,17-18H2,1-6H3,(H,33,40)(H,34,37)(H,35,41)(H,38,39)/t23-,25?/m1/s1. The number of amides is 3. The van der Waals surface area contributed by atoms with Crippen LogP contribution in [0.2, 0.25) is 0 Å². The predicted octanol–water partition coefficient (Wildman–Crippen LogP) is 3.81. The minimum atomic E-state index is -1.44. The topological polar surface area (TPSA) is 161 Å². The summed E-state index contributed by atoms with van der Waals surface area (Å²) in [6.07, 6.45) is 1.91. The van der Waals surface area contributed by atoms with Gasteiger partial charge in [0.2, 0.25) is 5.91 Å². The van der Waals surface area contributed by atoms with Gasteiger partial charge >= 0.3 is 12.1 Å². The molecular formula is C31H39N5O7. The van der Waals surface area contributed by atoms with Gasteiger partial charge < -0.3 is 35.1 Å². The summed E-state index contributed by atoms with van der Waals surface area (Å²) in [6.45, 7) is 9.94. The molecule has 0 saturated heterocycles. The maximum Gasteiger partial charge on any atom is 0.408 e. The Labute approximate surface area is 250 Å². The van der Waals surface area contributed by atoms with Gasteiger partial charge in [0.05, 0.1) is 19.5 Å². The third-order valence-electron chi connectivity index (χ3n) is 6.18. The first-order valence-corrected chi connectivity index (χ1v) is 13.7. The predicted molar refractivity (Wildman–Crippen MR) is 159 cm³/mol. The van der Waals surface area contributed by atoms with Gasteiger partial charge in [-0.2, -0.15) is 0 Å². The molecule has 230 valence electrons. The summed E-state index contributed by atoms with van der Waals surface area (Å²) >= 11 is 0. The van der Waals surface area contributed by atoms with E-state index in [2.05, 4.69) is 20.9 Å². The number of carbonyl (C=O) groups is 4. The van der Waals surface area contributed by atoms with Gasteiger partial charge in [0.1, 0.15) is 17.2 Å². The van der Waals surface area contributed by atoms with Crippen molar-refractivity contribution in [3.05, 3.63) is 83.8 Å². The fourth-order valence-corrected chi connectivity index (χ4v) is 3.95. The molecule has 4 N–H and O–H groups in total.